The number of morpholine rings is 1. The van der Waals surface area contributed by atoms with Gasteiger partial charge in [-0.3, -0.25) is 4.79 Å². The molecule has 1 aromatic rings. The van der Waals surface area contributed by atoms with Crippen LogP contribution in [0.1, 0.15) is 30.4 Å². The Morgan fingerprint density at radius 1 is 1.20 bits per heavy atom. The van der Waals surface area contributed by atoms with E-state index in [2.05, 4.69) is 22.8 Å². The summed E-state index contributed by atoms with van der Waals surface area (Å²) in [4.78, 5) is 12.1. The van der Waals surface area contributed by atoms with E-state index >= 15 is 0 Å². The molecule has 2 N–H and O–H groups in total. The van der Waals surface area contributed by atoms with Crippen molar-refractivity contribution in [1.82, 2.24) is 10.6 Å². The lowest BCUT2D eigenvalue weighted by atomic mass is 10.1. The first-order valence-electron chi connectivity index (χ1n) is 9.14. The molecule has 25 heavy (non-hydrogen) atoms. The first-order chi connectivity index (χ1) is 12.3. The van der Waals surface area contributed by atoms with Crippen LogP contribution in [0.5, 0.6) is 0 Å². The Labute approximate surface area is 149 Å². The third-order valence-electron chi connectivity index (χ3n) is 4.57. The van der Waals surface area contributed by atoms with Gasteiger partial charge in [0, 0.05) is 38.8 Å². The molecule has 6 nitrogen and oxygen atoms in total. The maximum Gasteiger partial charge on any atom is 0.221 e. The van der Waals surface area contributed by atoms with Gasteiger partial charge in [0.1, 0.15) is 0 Å². The van der Waals surface area contributed by atoms with Crippen molar-refractivity contribution < 1.29 is 19.0 Å². The predicted molar refractivity (Wildman–Crippen MR) is 94.1 cm³/mol. The Morgan fingerprint density at radius 2 is 2.04 bits per heavy atom. The number of amides is 1. The maximum absolute atomic E-state index is 12.1. The molecule has 0 spiro atoms. The summed E-state index contributed by atoms with van der Waals surface area (Å²) in [5.74, 6) is 0.0480. The van der Waals surface area contributed by atoms with E-state index in [0.717, 1.165) is 50.3 Å². The van der Waals surface area contributed by atoms with Gasteiger partial charge in [-0.15, -0.1) is 0 Å². The van der Waals surface area contributed by atoms with Crippen LogP contribution in [0.3, 0.4) is 0 Å². The number of rotatable bonds is 7. The highest BCUT2D eigenvalue weighted by Gasteiger charge is 2.17. The fourth-order valence-electron chi connectivity index (χ4n) is 3.13. The molecule has 0 radical (unpaired) electrons. The molecule has 2 fully saturated rings. The number of nitrogens with one attached hydrogen (secondary N) is 2. The Morgan fingerprint density at radius 3 is 2.84 bits per heavy atom. The molecule has 138 valence electrons. The molecular weight excluding hydrogens is 320 g/mol. The summed E-state index contributed by atoms with van der Waals surface area (Å²) in [5, 5.41) is 6.28. The molecule has 2 heterocycles. The average molecular weight is 348 g/mol. The zero-order valence-electron chi connectivity index (χ0n) is 14.7. The van der Waals surface area contributed by atoms with Crippen molar-refractivity contribution in [1.29, 1.82) is 0 Å². The molecule has 1 aromatic carbocycles. The smallest absolute Gasteiger partial charge is 0.221 e. The van der Waals surface area contributed by atoms with Gasteiger partial charge in [0.25, 0.3) is 0 Å². The van der Waals surface area contributed by atoms with Crippen molar-refractivity contribution >= 4 is 5.91 Å². The highest BCUT2D eigenvalue weighted by molar-refractivity contribution is 5.76. The Kier molecular flexibility index (Phi) is 7.23. The molecule has 1 atom stereocenters. The predicted octanol–water partition coefficient (Wildman–Crippen LogP) is 1.38. The van der Waals surface area contributed by atoms with Gasteiger partial charge < -0.3 is 24.8 Å². The molecule has 2 aliphatic heterocycles. The molecule has 0 aromatic heterocycles. The molecule has 2 aliphatic rings. The summed E-state index contributed by atoms with van der Waals surface area (Å²) < 4.78 is 16.7. The second kappa shape index (κ2) is 9.87. The Balaban J connectivity index is 1.40. The number of hydrogen-bond acceptors (Lipinski definition) is 5. The lowest BCUT2D eigenvalue weighted by molar-refractivity contribution is -0.122. The number of benzene rings is 1. The topological polar surface area (TPSA) is 68.8 Å². The lowest BCUT2D eigenvalue weighted by Gasteiger charge is -2.23. The fraction of sp³-hybridized carbons (Fsp3) is 0.632. The van der Waals surface area contributed by atoms with Crippen molar-refractivity contribution in [3.05, 3.63) is 35.4 Å². The number of ether oxygens (including phenoxy) is 3. The monoisotopic (exact) mass is 348 g/mol. The van der Waals surface area contributed by atoms with E-state index in [-0.39, 0.29) is 11.9 Å². The van der Waals surface area contributed by atoms with E-state index in [1.54, 1.807) is 0 Å². The second-order valence-corrected chi connectivity index (χ2v) is 6.65. The van der Waals surface area contributed by atoms with E-state index in [1.807, 2.05) is 12.1 Å². The van der Waals surface area contributed by atoms with E-state index in [9.17, 15) is 4.79 Å². The third-order valence-corrected chi connectivity index (χ3v) is 4.57. The zero-order chi connectivity index (χ0) is 17.3. The summed E-state index contributed by atoms with van der Waals surface area (Å²) in [6, 6.07) is 8.32. The van der Waals surface area contributed by atoms with Gasteiger partial charge in [0.05, 0.1) is 25.9 Å². The molecule has 0 bridgehead atoms. The van der Waals surface area contributed by atoms with Crippen molar-refractivity contribution in [2.75, 3.05) is 33.0 Å². The van der Waals surface area contributed by atoms with E-state index in [1.165, 1.54) is 0 Å². The van der Waals surface area contributed by atoms with Crippen molar-refractivity contribution in [2.45, 2.75) is 44.6 Å². The van der Waals surface area contributed by atoms with Crippen LogP contribution in [0.25, 0.3) is 0 Å². The molecule has 1 unspecified atom stereocenters. The van der Waals surface area contributed by atoms with Gasteiger partial charge in [0.2, 0.25) is 5.91 Å². The quantitative estimate of drug-likeness (QED) is 0.779. The molecule has 1 amide bonds. The number of carbonyl (C=O) groups excluding carboxylic acids is 1. The van der Waals surface area contributed by atoms with Crippen LogP contribution in [0, 0.1) is 0 Å². The van der Waals surface area contributed by atoms with Crippen molar-refractivity contribution in [3.63, 3.8) is 0 Å². The lowest BCUT2D eigenvalue weighted by Crippen LogP contribution is -2.44. The average Bonchev–Trinajstić information content (AvgIpc) is 2.67. The van der Waals surface area contributed by atoms with Crippen LogP contribution >= 0.6 is 0 Å². The van der Waals surface area contributed by atoms with Crippen LogP contribution < -0.4 is 10.6 Å². The molecule has 3 rings (SSSR count). The third kappa shape index (κ3) is 6.40. The molecular formula is C19H28N2O4. The van der Waals surface area contributed by atoms with Gasteiger partial charge in [-0.1, -0.05) is 24.3 Å². The fourth-order valence-corrected chi connectivity index (χ4v) is 3.13. The molecule has 6 heteroatoms. The highest BCUT2D eigenvalue weighted by Crippen LogP contribution is 2.14. The summed E-state index contributed by atoms with van der Waals surface area (Å²) in [6.45, 7) is 4.86. The van der Waals surface area contributed by atoms with Gasteiger partial charge >= 0.3 is 0 Å². The normalized spacial score (nSPS) is 21.8. The second-order valence-electron chi connectivity index (χ2n) is 6.65. The minimum atomic E-state index is 0.0480. The molecule has 0 saturated carbocycles. The first kappa shape index (κ1) is 18.3. The minimum absolute atomic E-state index is 0.0480. The van der Waals surface area contributed by atoms with Crippen LogP contribution in [-0.4, -0.2) is 51.0 Å². The highest BCUT2D eigenvalue weighted by atomic mass is 16.5. The standard InChI is InChI=1S/C19H28N2O4/c22-19(11-17-14-24-9-6-20-17)21-12-15-2-1-3-16(10-15)13-25-18-4-7-23-8-5-18/h1-3,10,17-18,20H,4-9,11-14H2,(H,21,22). The van der Waals surface area contributed by atoms with Gasteiger partial charge in [-0.05, 0) is 24.0 Å². The number of carbonyl (C=O) groups is 1. The largest absolute Gasteiger partial charge is 0.381 e. The molecule has 2 saturated heterocycles. The van der Waals surface area contributed by atoms with Crippen molar-refractivity contribution in [2.24, 2.45) is 0 Å². The van der Waals surface area contributed by atoms with Crippen LogP contribution in [0.15, 0.2) is 24.3 Å². The van der Waals surface area contributed by atoms with Crippen LogP contribution in [-0.2, 0) is 32.2 Å². The van der Waals surface area contributed by atoms with Crippen LogP contribution in [0.4, 0.5) is 0 Å². The summed E-state index contributed by atoms with van der Waals surface area (Å²) in [5.41, 5.74) is 2.23. The Bertz CT molecular complexity index is 540. The van der Waals surface area contributed by atoms with E-state index in [4.69, 9.17) is 14.2 Å². The minimum Gasteiger partial charge on any atom is -0.381 e. The first-order valence-corrected chi connectivity index (χ1v) is 9.14. The van der Waals surface area contributed by atoms with E-state index < -0.39 is 0 Å². The van der Waals surface area contributed by atoms with Gasteiger partial charge in [-0.25, -0.2) is 0 Å². The summed E-state index contributed by atoms with van der Waals surface area (Å²) >= 11 is 0. The van der Waals surface area contributed by atoms with Gasteiger partial charge in [0.15, 0.2) is 0 Å². The van der Waals surface area contributed by atoms with Gasteiger partial charge in [-0.2, -0.15) is 0 Å². The maximum atomic E-state index is 12.1. The summed E-state index contributed by atoms with van der Waals surface area (Å²) in [6.07, 6.45) is 2.68. The van der Waals surface area contributed by atoms with E-state index in [0.29, 0.717) is 32.3 Å². The van der Waals surface area contributed by atoms with Crippen LogP contribution in [0.2, 0.25) is 0 Å². The Hall–Kier alpha value is -1.47. The van der Waals surface area contributed by atoms with Crippen molar-refractivity contribution in [3.8, 4) is 0 Å². The zero-order valence-corrected chi connectivity index (χ0v) is 14.7. The summed E-state index contributed by atoms with van der Waals surface area (Å²) in [7, 11) is 0. The molecule has 0 aliphatic carbocycles. The number of hydrogen-bond donors (Lipinski definition) is 2. The SMILES string of the molecule is O=C(CC1COCCN1)NCc1cccc(COC2CCOCC2)c1.